The van der Waals surface area contributed by atoms with Crippen LogP contribution >= 0.6 is 12.2 Å². The van der Waals surface area contributed by atoms with Crippen molar-refractivity contribution in [3.8, 4) is 0 Å². The zero-order chi connectivity index (χ0) is 28.2. The van der Waals surface area contributed by atoms with Gasteiger partial charge in [-0.05, 0) is 70.1 Å². The summed E-state index contributed by atoms with van der Waals surface area (Å²) in [6, 6.07) is 5.31. The van der Waals surface area contributed by atoms with Crippen LogP contribution in [0.4, 0.5) is 5.69 Å². The fourth-order valence-corrected chi connectivity index (χ4v) is 7.63. The SMILES string of the molecule is CCCS(=O)(=O)N1CCN(CCCCCCCCN2C(=S)N(c3ccc4c(c3)COC4=O)C(=O)C2(C)C)CC1. The second-order valence-corrected chi connectivity index (χ2v) is 13.7. The molecule has 0 saturated carbocycles. The van der Waals surface area contributed by atoms with Crippen LogP contribution in [0.25, 0.3) is 0 Å². The van der Waals surface area contributed by atoms with Crippen LogP contribution in [0, 0.1) is 0 Å². The lowest BCUT2D eigenvalue weighted by atomic mass is 10.0. The molecule has 0 bridgehead atoms. The maximum Gasteiger partial charge on any atom is 0.338 e. The molecule has 2 saturated heterocycles. The van der Waals surface area contributed by atoms with Gasteiger partial charge in [0.2, 0.25) is 10.0 Å². The molecule has 4 rings (SSSR count). The Balaban J connectivity index is 1.14. The van der Waals surface area contributed by atoms with E-state index in [0.29, 0.717) is 35.9 Å². The summed E-state index contributed by atoms with van der Waals surface area (Å²) in [5.41, 5.74) is 1.29. The number of carbonyl (C=O) groups is 2. The van der Waals surface area contributed by atoms with E-state index >= 15 is 0 Å². The summed E-state index contributed by atoms with van der Waals surface area (Å²) >= 11 is 5.75. The number of hydrogen-bond acceptors (Lipinski definition) is 7. The number of rotatable bonds is 13. The van der Waals surface area contributed by atoms with Crippen molar-refractivity contribution < 1.29 is 22.7 Å². The Hall–Kier alpha value is -2.08. The van der Waals surface area contributed by atoms with E-state index < -0.39 is 15.6 Å². The third kappa shape index (κ3) is 6.64. The Morgan fingerprint density at radius 1 is 0.949 bits per heavy atom. The zero-order valence-corrected chi connectivity index (χ0v) is 25.1. The maximum atomic E-state index is 13.3. The lowest BCUT2D eigenvalue weighted by Gasteiger charge is -2.33. The largest absolute Gasteiger partial charge is 0.457 e. The maximum absolute atomic E-state index is 13.3. The smallest absolute Gasteiger partial charge is 0.338 e. The lowest BCUT2D eigenvalue weighted by Crippen LogP contribution is -2.49. The minimum atomic E-state index is -3.08. The summed E-state index contributed by atoms with van der Waals surface area (Å²) in [7, 11) is -3.08. The molecular formula is C28H42N4O5S2. The molecule has 0 radical (unpaired) electrons. The van der Waals surface area contributed by atoms with Crippen LogP contribution in [0.1, 0.15) is 81.6 Å². The zero-order valence-electron chi connectivity index (χ0n) is 23.5. The normalized spacial score (nSPS) is 20.1. The van der Waals surface area contributed by atoms with Crippen molar-refractivity contribution >= 4 is 44.9 Å². The molecule has 39 heavy (non-hydrogen) atoms. The molecule has 0 spiro atoms. The summed E-state index contributed by atoms with van der Waals surface area (Å²) in [6.45, 7) is 10.6. The summed E-state index contributed by atoms with van der Waals surface area (Å²) in [6.07, 6.45) is 7.31. The molecule has 3 aliphatic heterocycles. The van der Waals surface area contributed by atoms with Crippen LogP contribution in [0.3, 0.4) is 0 Å². The number of piperazine rings is 1. The summed E-state index contributed by atoms with van der Waals surface area (Å²) in [5, 5.41) is 0.512. The van der Waals surface area contributed by atoms with Gasteiger partial charge in [0.15, 0.2) is 5.11 Å². The first-order valence-electron chi connectivity index (χ1n) is 14.2. The predicted molar refractivity (Wildman–Crippen MR) is 156 cm³/mol. The molecule has 1 aromatic carbocycles. The topological polar surface area (TPSA) is 90.5 Å². The summed E-state index contributed by atoms with van der Waals surface area (Å²) < 4.78 is 31.2. The molecule has 1 aromatic rings. The Morgan fingerprint density at radius 3 is 2.26 bits per heavy atom. The molecular weight excluding hydrogens is 536 g/mol. The second-order valence-electron chi connectivity index (χ2n) is 11.2. The van der Waals surface area contributed by atoms with Gasteiger partial charge in [-0.2, -0.15) is 4.31 Å². The van der Waals surface area contributed by atoms with Crippen molar-refractivity contribution in [2.75, 3.05) is 49.9 Å². The van der Waals surface area contributed by atoms with Gasteiger partial charge in [-0.1, -0.05) is 32.6 Å². The highest BCUT2D eigenvalue weighted by atomic mass is 32.2. The van der Waals surface area contributed by atoms with Crippen molar-refractivity contribution in [3.05, 3.63) is 29.3 Å². The van der Waals surface area contributed by atoms with Gasteiger partial charge in [0.25, 0.3) is 5.91 Å². The molecule has 3 aliphatic rings. The van der Waals surface area contributed by atoms with E-state index in [1.165, 1.54) is 12.8 Å². The van der Waals surface area contributed by atoms with E-state index in [4.69, 9.17) is 17.0 Å². The van der Waals surface area contributed by atoms with Crippen molar-refractivity contribution in [2.24, 2.45) is 0 Å². The quantitative estimate of drug-likeness (QED) is 0.199. The Bertz CT molecular complexity index is 1180. The van der Waals surface area contributed by atoms with Gasteiger partial charge in [-0.3, -0.25) is 9.69 Å². The number of fused-ring (bicyclic) bond motifs is 1. The van der Waals surface area contributed by atoms with Crippen LogP contribution < -0.4 is 4.90 Å². The van der Waals surface area contributed by atoms with Gasteiger partial charge in [0.05, 0.1) is 17.0 Å². The van der Waals surface area contributed by atoms with Crippen LogP contribution in [0.15, 0.2) is 18.2 Å². The van der Waals surface area contributed by atoms with E-state index in [1.807, 2.05) is 31.7 Å². The monoisotopic (exact) mass is 578 g/mol. The number of benzene rings is 1. The van der Waals surface area contributed by atoms with Gasteiger partial charge >= 0.3 is 5.97 Å². The van der Waals surface area contributed by atoms with Crippen LogP contribution in [0.5, 0.6) is 0 Å². The molecule has 2 fully saturated rings. The Labute approximate surface area is 238 Å². The summed E-state index contributed by atoms with van der Waals surface area (Å²) in [5.74, 6) is -0.135. The van der Waals surface area contributed by atoms with E-state index in [0.717, 1.165) is 57.4 Å². The number of hydrogen-bond donors (Lipinski definition) is 0. The highest BCUT2D eigenvalue weighted by molar-refractivity contribution is 7.89. The van der Waals surface area contributed by atoms with Gasteiger partial charge in [0.1, 0.15) is 12.1 Å². The minimum Gasteiger partial charge on any atom is -0.457 e. The predicted octanol–water partition coefficient (Wildman–Crippen LogP) is 3.77. The van der Waals surface area contributed by atoms with Crippen molar-refractivity contribution in [1.29, 1.82) is 0 Å². The molecule has 3 heterocycles. The highest BCUT2D eigenvalue weighted by Crippen LogP contribution is 2.34. The number of esters is 1. The Morgan fingerprint density at radius 2 is 1.59 bits per heavy atom. The van der Waals surface area contributed by atoms with Crippen LogP contribution in [0.2, 0.25) is 0 Å². The molecule has 0 atom stereocenters. The molecule has 0 N–H and O–H groups in total. The van der Waals surface area contributed by atoms with Crippen LogP contribution in [-0.4, -0.2) is 90.1 Å². The standard InChI is InChI=1S/C28H42N4O5S2/c1-4-19-39(35,36)30-17-15-29(16-18-30)13-9-7-5-6-8-10-14-31-27(38)32(26(34)28(31,2)3)23-11-12-24-22(20-23)21-37-25(24)33/h11-12,20H,4-10,13-19,21H2,1-3H3. The highest BCUT2D eigenvalue weighted by Gasteiger charge is 2.49. The van der Waals surface area contributed by atoms with E-state index in [1.54, 1.807) is 21.3 Å². The van der Waals surface area contributed by atoms with Gasteiger partial charge in [-0.15, -0.1) is 0 Å². The van der Waals surface area contributed by atoms with Crippen LogP contribution in [-0.2, 0) is 26.2 Å². The first kappa shape index (κ1) is 29.9. The minimum absolute atomic E-state index is 0.0542. The molecule has 216 valence electrons. The number of anilines is 1. The number of cyclic esters (lactones) is 1. The van der Waals surface area contributed by atoms with Gasteiger partial charge in [-0.25, -0.2) is 13.2 Å². The number of sulfonamides is 1. The molecule has 9 nitrogen and oxygen atoms in total. The third-order valence-electron chi connectivity index (χ3n) is 8.04. The number of amides is 1. The first-order valence-corrected chi connectivity index (χ1v) is 16.2. The average molecular weight is 579 g/mol. The van der Waals surface area contributed by atoms with E-state index in [2.05, 4.69) is 4.90 Å². The number of unbranched alkanes of at least 4 members (excludes halogenated alkanes) is 5. The molecule has 0 aromatic heterocycles. The second kappa shape index (κ2) is 12.6. The number of carbonyl (C=O) groups excluding carboxylic acids is 2. The van der Waals surface area contributed by atoms with Gasteiger partial charge < -0.3 is 14.5 Å². The molecule has 11 heteroatoms. The lowest BCUT2D eigenvalue weighted by molar-refractivity contribution is -0.123. The van der Waals surface area contributed by atoms with Crippen molar-refractivity contribution in [1.82, 2.24) is 14.1 Å². The molecule has 0 unspecified atom stereocenters. The molecule has 0 aliphatic carbocycles. The number of ether oxygens (including phenoxy) is 1. The van der Waals surface area contributed by atoms with E-state index in [9.17, 15) is 18.0 Å². The Kier molecular flexibility index (Phi) is 9.67. The van der Waals surface area contributed by atoms with Gasteiger partial charge in [0, 0.05) is 38.3 Å². The molecule has 1 amide bonds. The van der Waals surface area contributed by atoms with Crippen molar-refractivity contribution in [2.45, 2.75) is 77.9 Å². The van der Waals surface area contributed by atoms with Crippen molar-refractivity contribution in [3.63, 3.8) is 0 Å². The summed E-state index contributed by atoms with van der Waals surface area (Å²) in [4.78, 5) is 31.1. The number of nitrogens with zero attached hydrogens (tertiary/aromatic N) is 4. The third-order valence-corrected chi connectivity index (χ3v) is 10.5. The average Bonchev–Trinajstić information content (AvgIpc) is 3.34. The number of thiocarbonyl (C=S) groups is 1. The fourth-order valence-electron chi connectivity index (χ4n) is 5.63. The first-order chi connectivity index (χ1) is 18.6. The fraction of sp³-hybridized carbons (Fsp3) is 0.679. The van der Waals surface area contributed by atoms with E-state index in [-0.39, 0.29) is 24.2 Å².